The van der Waals surface area contributed by atoms with Crippen molar-refractivity contribution < 1.29 is 9.53 Å². The average molecular weight is 263 g/mol. The van der Waals surface area contributed by atoms with Crippen LogP contribution in [0.15, 0.2) is 24.3 Å². The molecule has 0 heterocycles. The summed E-state index contributed by atoms with van der Waals surface area (Å²) in [6, 6.07) is 8.46. The first-order valence-corrected chi connectivity index (χ1v) is 6.85. The number of esters is 1. The number of ether oxygens (including phenoxy) is 1. The van der Waals surface area contributed by atoms with Gasteiger partial charge in [0.15, 0.2) is 0 Å². The van der Waals surface area contributed by atoms with Crippen molar-refractivity contribution in [1.82, 2.24) is 5.32 Å². The molecular formula is C16H25NO2. The molecule has 0 fully saturated rings. The summed E-state index contributed by atoms with van der Waals surface area (Å²) in [5, 5.41) is 3.39. The number of rotatable bonds is 6. The quantitative estimate of drug-likeness (QED) is 0.801. The predicted octanol–water partition coefficient (Wildman–Crippen LogP) is 3.20. The monoisotopic (exact) mass is 263 g/mol. The van der Waals surface area contributed by atoms with E-state index in [2.05, 4.69) is 43.4 Å². The Kier molecular flexibility index (Phi) is 5.55. The van der Waals surface area contributed by atoms with Gasteiger partial charge in [0.2, 0.25) is 0 Å². The number of methoxy groups -OCH3 is 1. The Bertz CT molecular complexity index is 411. The summed E-state index contributed by atoms with van der Waals surface area (Å²) in [5.41, 5.74) is 2.04. The van der Waals surface area contributed by atoms with Crippen molar-refractivity contribution in [2.24, 2.45) is 0 Å². The Labute approximate surface area is 116 Å². The fourth-order valence-electron chi connectivity index (χ4n) is 2.25. The van der Waals surface area contributed by atoms with Crippen LogP contribution in [0.2, 0.25) is 0 Å². The lowest BCUT2D eigenvalue weighted by Crippen LogP contribution is -2.41. The molecule has 19 heavy (non-hydrogen) atoms. The molecule has 1 N–H and O–H groups in total. The summed E-state index contributed by atoms with van der Waals surface area (Å²) in [4.78, 5) is 11.6. The smallest absolute Gasteiger partial charge is 0.307 e. The Hall–Kier alpha value is -1.35. The van der Waals surface area contributed by atoms with Crippen molar-refractivity contribution in [3.8, 4) is 0 Å². The lowest BCUT2D eigenvalue weighted by atomic mass is 9.87. The van der Waals surface area contributed by atoms with Gasteiger partial charge < -0.3 is 10.1 Å². The van der Waals surface area contributed by atoms with E-state index >= 15 is 0 Å². The summed E-state index contributed by atoms with van der Waals surface area (Å²) >= 11 is 0. The van der Waals surface area contributed by atoms with Gasteiger partial charge in [0, 0.05) is 0 Å². The number of carbonyl (C=O) groups excluding carboxylic acids is 1. The van der Waals surface area contributed by atoms with Crippen molar-refractivity contribution in [1.29, 1.82) is 0 Å². The van der Waals surface area contributed by atoms with Gasteiger partial charge in [-0.2, -0.15) is 0 Å². The maximum Gasteiger partial charge on any atom is 0.307 e. The standard InChI is InChI=1S/C16H25NO2/c1-6-17-16(4,11-15(18)19-5)14-9-7-13(8-10-14)12(2)3/h7-10,12,17H,6,11H2,1-5H3. The van der Waals surface area contributed by atoms with Gasteiger partial charge in [-0.05, 0) is 30.5 Å². The molecule has 1 aromatic carbocycles. The number of benzene rings is 1. The molecule has 1 atom stereocenters. The summed E-state index contributed by atoms with van der Waals surface area (Å²) in [7, 11) is 1.43. The van der Waals surface area contributed by atoms with E-state index in [1.165, 1.54) is 12.7 Å². The van der Waals surface area contributed by atoms with Crippen LogP contribution in [0, 0.1) is 0 Å². The fraction of sp³-hybridized carbons (Fsp3) is 0.562. The third-order valence-corrected chi connectivity index (χ3v) is 3.51. The van der Waals surface area contributed by atoms with Gasteiger partial charge >= 0.3 is 5.97 Å². The number of hydrogen-bond acceptors (Lipinski definition) is 3. The van der Waals surface area contributed by atoms with E-state index in [1.54, 1.807) is 0 Å². The van der Waals surface area contributed by atoms with Crippen LogP contribution in [0.3, 0.4) is 0 Å². The maximum absolute atomic E-state index is 11.6. The zero-order valence-electron chi connectivity index (χ0n) is 12.6. The first-order chi connectivity index (χ1) is 8.92. The van der Waals surface area contributed by atoms with Crippen molar-refractivity contribution in [2.75, 3.05) is 13.7 Å². The molecule has 106 valence electrons. The van der Waals surface area contributed by atoms with Crippen molar-refractivity contribution in [2.45, 2.75) is 45.6 Å². The molecule has 0 amide bonds. The first-order valence-electron chi connectivity index (χ1n) is 6.85. The first kappa shape index (κ1) is 15.7. The molecule has 0 spiro atoms. The van der Waals surface area contributed by atoms with Gasteiger partial charge in [0.05, 0.1) is 19.1 Å². The Balaban J connectivity index is 3.00. The third-order valence-electron chi connectivity index (χ3n) is 3.51. The largest absolute Gasteiger partial charge is 0.469 e. The summed E-state index contributed by atoms with van der Waals surface area (Å²) in [6.45, 7) is 9.23. The van der Waals surface area contributed by atoms with Crippen LogP contribution in [-0.2, 0) is 15.1 Å². The highest BCUT2D eigenvalue weighted by Gasteiger charge is 2.29. The lowest BCUT2D eigenvalue weighted by Gasteiger charge is -2.30. The third kappa shape index (κ3) is 4.06. The molecule has 3 heteroatoms. The van der Waals surface area contributed by atoms with Crippen molar-refractivity contribution in [3.05, 3.63) is 35.4 Å². The van der Waals surface area contributed by atoms with E-state index in [4.69, 9.17) is 4.74 Å². The fourth-order valence-corrected chi connectivity index (χ4v) is 2.25. The minimum absolute atomic E-state index is 0.198. The highest BCUT2D eigenvalue weighted by atomic mass is 16.5. The molecule has 0 saturated carbocycles. The maximum atomic E-state index is 11.6. The normalized spacial score (nSPS) is 14.2. The number of nitrogens with one attached hydrogen (secondary N) is 1. The molecule has 0 aliphatic carbocycles. The van der Waals surface area contributed by atoms with E-state index < -0.39 is 0 Å². The molecule has 1 unspecified atom stereocenters. The zero-order chi connectivity index (χ0) is 14.5. The van der Waals surface area contributed by atoms with Gasteiger partial charge in [-0.1, -0.05) is 45.0 Å². The predicted molar refractivity (Wildman–Crippen MR) is 78.2 cm³/mol. The molecule has 0 saturated heterocycles. The molecule has 0 aromatic heterocycles. The molecule has 0 aliphatic heterocycles. The number of hydrogen-bond donors (Lipinski definition) is 1. The van der Waals surface area contributed by atoms with Crippen molar-refractivity contribution >= 4 is 5.97 Å². The molecule has 3 nitrogen and oxygen atoms in total. The molecule has 1 aromatic rings. The van der Waals surface area contributed by atoms with Gasteiger partial charge in [-0.25, -0.2) is 0 Å². The molecular weight excluding hydrogens is 238 g/mol. The van der Waals surface area contributed by atoms with Crippen LogP contribution in [0.4, 0.5) is 0 Å². The SMILES string of the molecule is CCNC(C)(CC(=O)OC)c1ccc(C(C)C)cc1. The van der Waals surface area contributed by atoms with Crippen LogP contribution in [0.1, 0.15) is 51.2 Å². The van der Waals surface area contributed by atoms with E-state index in [0.717, 1.165) is 12.1 Å². The highest BCUT2D eigenvalue weighted by Crippen LogP contribution is 2.26. The summed E-state index contributed by atoms with van der Waals surface area (Å²) in [5.74, 6) is 0.316. The van der Waals surface area contributed by atoms with Crippen LogP contribution in [0.25, 0.3) is 0 Å². The molecule has 0 bridgehead atoms. The Morgan fingerprint density at radius 3 is 2.32 bits per heavy atom. The Morgan fingerprint density at radius 1 is 1.32 bits per heavy atom. The summed E-state index contributed by atoms with van der Waals surface area (Å²) in [6.07, 6.45) is 0.332. The second kappa shape index (κ2) is 6.71. The van der Waals surface area contributed by atoms with E-state index in [9.17, 15) is 4.79 Å². The number of carbonyl (C=O) groups is 1. The van der Waals surface area contributed by atoms with Crippen LogP contribution < -0.4 is 5.32 Å². The van der Waals surface area contributed by atoms with Gasteiger partial charge in [0.1, 0.15) is 0 Å². The summed E-state index contributed by atoms with van der Waals surface area (Å²) < 4.78 is 4.80. The van der Waals surface area contributed by atoms with E-state index in [0.29, 0.717) is 12.3 Å². The van der Waals surface area contributed by atoms with Crippen LogP contribution in [0.5, 0.6) is 0 Å². The molecule has 0 aliphatic rings. The van der Waals surface area contributed by atoms with E-state index in [-0.39, 0.29) is 11.5 Å². The van der Waals surface area contributed by atoms with Gasteiger partial charge in [-0.3, -0.25) is 4.79 Å². The van der Waals surface area contributed by atoms with E-state index in [1.807, 2.05) is 13.8 Å². The average Bonchev–Trinajstić information content (AvgIpc) is 2.39. The highest BCUT2D eigenvalue weighted by molar-refractivity contribution is 5.71. The lowest BCUT2D eigenvalue weighted by molar-refractivity contribution is -0.142. The minimum atomic E-state index is -0.378. The van der Waals surface area contributed by atoms with Gasteiger partial charge in [0.25, 0.3) is 0 Å². The molecule has 0 radical (unpaired) electrons. The minimum Gasteiger partial charge on any atom is -0.469 e. The Morgan fingerprint density at radius 2 is 1.89 bits per heavy atom. The second-order valence-electron chi connectivity index (χ2n) is 5.39. The van der Waals surface area contributed by atoms with Crippen LogP contribution in [-0.4, -0.2) is 19.6 Å². The van der Waals surface area contributed by atoms with Crippen LogP contribution >= 0.6 is 0 Å². The topological polar surface area (TPSA) is 38.3 Å². The van der Waals surface area contributed by atoms with Crippen molar-refractivity contribution in [3.63, 3.8) is 0 Å². The second-order valence-corrected chi connectivity index (χ2v) is 5.39. The van der Waals surface area contributed by atoms with Gasteiger partial charge in [-0.15, -0.1) is 0 Å². The molecule has 1 rings (SSSR count). The zero-order valence-corrected chi connectivity index (χ0v) is 12.6.